The van der Waals surface area contributed by atoms with Crippen LogP contribution in [0.2, 0.25) is 0 Å². The minimum Gasteiger partial charge on any atom is -0.449 e. The van der Waals surface area contributed by atoms with Crippen LogP contribution in [-0.2, 0) is 19.1 Å². The maximum Gasteiger partial charge on any atom is 0.306 e. The van der Waals surface area contributed by atoms with E-state index in [2.05, 4.69) is 0 Å². The Balaban J connectivity index is 1.86. The molecule has 35 heavy (non-hydrogen) atoms. The summed E-state index contributed by atoms with van der Waals surface area (Å²) in [5, 5.41) is 11.0. The largest absolute Gasteiger partial charge is 0.449 e. The number of ether oxygens (including phenoxy) is 1. The maximum absolute atomic E-state index is 17.3. The average Bonchev–Trinajstić information content (AvgIpc) is 2.99. The molecule has 5 nitrogen and oxygen atoms in total. The first kappa shape index (κ1) is 26.8. The van der Waals surface area contributed by atoms with Crippen LogP contribution in [0.4, 0.5) is 8.78 Å². The summed E-state index contributed by atoms with van der Waals surface area (Å²) in [6, 6.07) is 0. The molecule has 0 bridgehead atoms. The standard InChI is InChI=1S/C26H33ClF2O5S/c1-5-6-21(32)34-26(22(33)35-13-27)14(2)9-16-17-11-19(28)18-10-15(30)7-8-23(18,3)25(17,29)20(31)12-24(16,26)4/h7-8,10,14,16-17,19-20,31H,5-6,9,11-13H2,1-4H3/t14-,16+,17+,19+,20+,23+,24+,25+,26+/m1/s1. The van der Waals surface area contributed by atoms with Gasteiger partial charge in [0.15, 0.2) is 17.1 Å². The maximum atomic E-state index is 17.3. The molecule has 3 saturated carbocycles. The number of rotatable bonds is 5. The van der Waals surface area contributed by atoms with E-state index < -0.39 is 69.0 Å². The minimum absolute atomic E-state index is 0.0456. The van der Waals surface area contributed by atoms with Crippen molar-refractivity contribution in [3.63, 3.8) is 0 Å². The molecule has 4 rings (SSSR count). The number of carbonyl (C=O) groups is 3. The molecule has 9 heteroatoms. The summed E-state index contributed by atoms with van der Waals surface area (Å²) in [5.74, 6) is -2.91. The van der Waals surface area contributed by atoms with Crippen LogP contribution in [0, 0.1) is 28.6 Å². The molecule has 194 valence electrons. The summed E-state index contributed by atoms with van der Waals surface area (Å²) in [7, 11) is 0. The highest BCUT2D eigenvalue weighted by Crippen LogP contribution is 2.72. The molecule has 0 aromatic heterocycles. The van der Waals surface area contributed by atoms with Gasteiger partial charge in [-0.3, -0.25) is 14.4 Å². The molecule has 0 spiro atoms. The number of thioether (sulfide) groups is 1. The molecule has 0 saturated heterocycles. The van der Waals surface area contributed by atoms with E-state index in [1.165, 1.54) is 19.1 Å². The van der Waals surface area contributed by atoms with E-state index in [9.17, 15) is 19.5 Å². The molecule has 4 aliphatic carbocycles. The Kier molecular flexibility index (Phi) is 6.85. The van der Waals surface area contributed by atoms with Gasteiger partial charge in [-0.2, -0.15) is 0 Å². The normalized spacial score (nSPS) is 46.3. The Morgan fingerprint density at radius 3 is 2.60 bits per heavy atom. The van der Waals surface area contributed by atoms with Crippen LogP contribution in [0.3, 0.4) is 0 Å². The molecule has 0 radical (unpaired) electrons. The number of hydrogen-bond donors (Lipinski definition) is 1. The first-order valence-corrected chi connectivity index (χ1v) is 13.8. The minimum atomic E-state index is -2.26. The fourth-order valence-corrected chi connectivity index (χ4v) is 8.90. The van der Waals surface area contributed by atoms with E-state index in [0.717, 1.165) is 17.8 Å². The van der Waals surface area contributed by atoms with E-state index in [-0.39, 0.29) is 30.0 Å². The van der Waals surface area contributed by atoms with Gasteiger partial charge in [0.25, 0.3) is 0 Å². The summed E-state index contributed by atoms with van der Waals surface area (Å²) in [6.45, 7) is 6.92. The van der Waals surface area contributed by atoms with E-state index >= 15 is 8.78 Å². The van der Waals surface area contributed by atoms with Gasteiger partial charge in [0.05, 0.1) is 11.3 Å². The number of aliphatic hydroxyl groups excluding tert-OH is 1. The van der Waals surface area contributed by atoms with Crippen LogP contribution >= 0.6 is 23.4 Å². The quantitative estimate of drug-likeness (QED) is 0.394. The van der Waals surface area contributed by atoms with Crippen LogP contribution in [0.1, 0.15) is 59.8 Å². The van der Waals surface area contributed by atoms with Crippen molar-refractivity contribution in [1.29, 1.82) is 0 Å². The van der Waals surface area contributed by atoms with Gasteiger partial charge >= 0.3 is 5.97 Å². The number of carbonyl (C=O) groups excluding carboxylic acids is 3. The Morgan fingerprint density at radius 2 is 1.97 bits per heavy atom. The summed E-state index contributed by atoms with van der Waals surface area (Å²) in [4.78, 5) is 38.4. The molecule has 4 aliphatic rings. The number of hydrogen-bond acceptors (Lipinski definition) is 6. The zero-order valence-corrected chi connectivity index (χ0v) is 22.1. The third kappa shape index (κ3) is 3.45. The van der Waals surface area contributed by atoms with Crippen molar-refractivity contribution in [3.8, 4) is 0 Å². The SMILES string of the molecule is CCCC(=O)O[C@]1(C(=O)SCCl)[C@H](C)C[C@H]2[C@@H]3C[C@H](F)C4=CC(=O)C=C[C@]4(C)[C@@]3(F)[C@@H](O)C[C@@]21C. The molecule has 1 N–H and O–H groups in total. The van der Waals surface area contributed by atoms with Gasteiger partial charge in [0.1, 0.15) is 6.17 Å². The predicted molar refractivity (Wildman–Crippen MR) is 130 cm³/mol. The third-order valence-electron chi connectivity index (χ3n) is 9.39. The average molecular weight is 531 g/mol. The number of allylic oxidation sites excluding steroid dienone is 4. The Bertz CT molecular complexity index is 1000. The second-order valence-electron chi connectivity index (χ2n) is 11.0. The zero-order chi connectivity index (χ0) is 26.0. The highest BCUT2D eigenvalue weighted by Gasteiger charge is 2.78. The van der Waals surface area contributed by atoms with Crippen molar-refractivity contribution in [2.75, 3.05) is 5.21 Å². The van der Waals surface area contributed by atoms with Crippen LogP contribution < -0.4 is 0 Å². The first-order chi connectivity index (χ1) is 16.3. The van der Waals surface area contributed by atoms with Crippen molar-refractivity contribution < 1.29 is 33.0 Å². The number of alkyl halides is 3. The van der Waals surface area contributed by atoms with Crippen molar-refractivity contribution in [1.82, 2.24) is 0 Å². The molecular formula is C26H33ClF2O5S. The summed E-state index contributed by atoms with van der Waals surface area (Å²) in [5.41, 5.74) is -6.46. The Morgan fingerprint density at radius 1 is 1.29 bits per heavy atom. The molecule has 0 aromatic carbocycles. The third-order valence-corrected chi connectivity index (χ3v) is 10.4. The molecule has 9 atom stereocenters. The first-order valence-electron chi connectivity index (χ1n) is 12.2. The molecule has 0 amide bonds. The van der Waals surface area contributed by atoms with E-state index in [0.29, 0.717) is 12.8 Å². The number of fused-ring (bicyclic) bond motifs is 5. The van der Waals surface area contributed by atoms with Crippen LogP contribution in [-0.4, -0.2) is 50.7 Å². The second kappa shape index (κ2) is 8.95. The van der Waals surface area contributed by atoms with Crippen LogP contribution in [0.25, 0.3) is 0 Å². The molecule has 0 heterocycles. The van der Waals surface area contributed by atoms with E-state index in [4.69, 9.17) is 16.3 Å². The topological polar surface area (TPSA) is 80.7 Å². The van der Waals surface area contributed by atoms with Gasteiger partial charge in [-0.05, 0) is 56.3 Å². The van der Waals surface area contributed by atoms with Crippen LogP contribution in [0.15, 0.2) is 23.8 Å². The molecule has 3 fully saturated rings. The molecule has 0 unspecified atom stereocenters. The molecule has 0 aromatic rings. The summed E-state index contributed by atoms with van der Waals surface area (Å²) < 4.78 is 38.9. The van der Waals surface area contributed by atoms with Gasteiger partial charge in [-0.25, -0.2) is 8.78 Å². The fourth-order valence-electron chi connectivity index (χ4n) is 7.81. The van der Waals surface area contributed by atoms with Gasteiger partial charge < -0.3 is 9.84 Å². The number of aliphatic hydroxyl groups is 1. The van der Waals surface area contributed by atoms with E-state index in [1.54, 1.807) is 13.8 Å². The van der Waals surface area contributed by atoms with Gasteiger partial charge in [-0.1, -0.05) is 38.6 Å². The summed E-state index contributed by atoms with van der Waals surface area (Å²) in [6.07, 6.45) is 1.23. The van der Waals surface area contributed by atoms with Gasteiger partial charge in [0.2, 0.25) is 5.12 Å². The van der Waals surface area contributed by atoms with Crippen molar-refractivity contribution >= 4 is 40.2 Å². The zero-order valence-electron chi connectivity index (χ0n) is 20.5. The highest BCUT2D eigenvalue weighted by atomic mass is 35.5. The lowest BCUT2D eigenvalue weighted by Crippen LogP contribution is -2.70. The molecular weight excluding hydrogens is 498 g/mol. The number of ketones is 1. The smallest absolute Gasteiger partial charge is 0.306 e. The molecule has 0 aliphatic heterocycles. The lowest BCUT2D eigenvalue weighted by molar-refractivity contribution is -0.228. The fraction of sp³-hybridized carbons (Fsp3) is 0.731. The van der Waals surface area contributed by atoms with Crippen LogP contribution in [0.5, 0.6) is 0 Å². The lowest BCUT2D eigenvalue weighted by atomic mass is 9.44. The Hall–Kier alpha value is -1.25. The summed E-state index contributed by atoms with van der Waals surface area (Å²) >= 11 is 6.73. The number of halogens is 3. The van der Waals surface area contributed by atoms with Gasteiger partial charge in [0, 0.05) is 29.1 Å². The van der Waals surface area contributed by atoms with Crippen molar-refractivity contribution in [2.24, 2.45) is 28.6 Å². The lowest BCUT2D eigenvalue weighted by Gasteiger charge is -2.63. The van der Waals surface area contributed by atoms with Gasteiger partial charge in [-0.15, -0.1) is 11.6 Å². The van der Waals surface area contributed by atoms with E-state index in [1.807, 2.05) is 6.92 Å². The second-order valence-corrected chi connectivity index (χ2v) is 12.5. The number of esters is 1. The monoisotopic (exact) mass is 530 g/mol. The Labute approximate surface area is 214 Å². The predicted octanol–water partition coefficient (Wildman–Crippen LogP) is 5.09. The van der Waals surface area contributed by atoms with Crippen molar-refractivity contribution in [2.45, 2.75) is 83.3 Å². The highest BCUT2D eigenvalue weighted by molar-refractivity contribution is 8.14. The van der Waals surface area contributed by atoms with Crippen molar-refractivity contribution in [3.05, 3.63) is 23.8 Å².